The molecule has 0 saturated carbocycles. The summed E-state index contributed by atoms with van der Waals surface area (Å²) in [6.45, 7) is 3.31. The van der Waals surface area contributed by atoms with Crippen molar-refractivity contribution in [3.05, 3.63) is 18.0 Å². The second kappa shape index (κ2) is 8.35. The molecule has 142 valence electrons. The Morgan fingerprint density at radius 2 is 2.08 bits per heavy atom. The van der Waals surface area contributed by atoms with Crippen molar-refractivity contribution < 1.29 is 14.3 Å². The molecule has 1 atom stereocenters. The summed E-state index contributed by atoms with van der Waals surface area (Å²) < 4.78 is 5.13. The van der Waals surface area contributed by atoms with E-state index in [0.717, 1.165) is 25.8 Å². The monoisotopic (exact) mass is 378 g/mol. The molecule has 0 unspecified atom stereocenters. The van der Waals surface area contributed by atoms with E-state index in [0.29, 0.717) is 43.4 Å². The molecule has 1 aromatic rings. The highest BCUT2D eigenvalue weighted by Crippen LogP contribution is 2.39. The molecule has 8 heteroatoms. The van der Waals surface area contributed by atoms with E-state index in [1.54, 1.807) is 19.5 Å². The first-order valence-electron chi connectivity index (χ1n) is 8.99. The van der Waals surface area contributed by atoms with E-state index in [-0.39, 0.29) is 17.2 Å². The SMILES string of the molecule is COCCN1C[C@@]2(CCCN(C(=O)c3cnc(SC)nc3)C2)CCC1=O. The van der Waals surface area contributed by atoms with Crippen molar-refractivity contribution in [3.63, 3.8) is 0 Å². The molecule has 2 fully saturated rings. The topological polar surface area (TPSA) is 75.6 Å². The molecule has 2 amide bonds. The van der Waals surface area contributed by atoms with Crippen LogP contribution in [0.2, 0.25) is 0 Å². The summed E-state index contributed by atoms with van der Waals surface area (Å²) >= 11 is 1.45. The van der Waals surface area contributed by atoms with Crippen molar-refractivity contribution >= 4 is 23.6 Å². The number of ether oxygens (including phenoxy) is 1. The molecule has 2 aliphatic heterocycles. The van der Waals surface area contributed by atoms with Crippen LogP contribution in [0.4, 0.5) is 0 Å². The molecule has 3 heterocycles. The molecular weight excluding hydrogens is 352 g/mol. The lowest BCUT2D eigenvalue weighted by Gasteiger charge is -2.48. The highest BCUT2D eigenvalue weighted by atomic mass is 32.2. The minimum atomic E-state index is -0.0166. The number of rotatable bonds is 5. The van der Waals surface area contributed by atoms with Crippen LogP contribution >= 0.6 is 11.8 Å². The number of hydrogen-bond acceptors (Lipinski definition) is 6. The van der Waals surface area contributed by atoms with Crippen LogP contribution in [0.25, 0.3) is 0 Å². The van der Waals surface area contributed by atoms with Gasteiger partial charge in [0.1, 0.15) is 0 Å². The van der Waals surface area contributed by atoms with Crippen LogP contribution in [0.15, 0.2) is 17.6 Å². The van der Waals surface area contributed by atoms with E-state index >= 15 is 0 Å². The third-order valence-corrected chi connectivity index (χ3v) is 5.90. The van der Waals surface area contributed by atoms with Crippen molar-refractivity contribution in [3.8, 4) is 0 Å². The molecule has 2 saturated heterocycles. The molecule has 0 N–H and O–H groups in total. The van der Waals surface area contributed by atoms with Crippen molar-refractivity contribution in [2.75, 3.05) is 46.2 Å². The smallest absolute Gasteiger partial charge is 0.257 e. The van der Waals surface area contributed by atoms with Gasteiger partial charge in [0.25, 0.3) is 5.91 Å². The number of likely N-dealkylation sites (tertiary alicyclic amines) is 2. The van der Waals surface area contributed by atoms with Gasteiger partial charge in [-0.05, 0) is 25.5 Å². The number of nitrogens with zero attached hydrogens (tertiary/aromatic N) is 4. The van der Waals surface area contributed by atoms with Crippen LogP contribution in [-0.4, -0.2) is 77.7 Å². The average Bonchev–Trinajstić information content (AvgIpc) is 2.68. The zero-order chi connectivity index (χ0) is 18.6. The summed E-state index contributed by atoms with van der Waals surface area (Å²) in [5.74, 6) is 0.175. The summed E-state index contributed by atoms with van der Waals surface area (Å²) in [5.41, 5.74) is 0.526. The van der Waals surface area contributed by atoms with E-state index in [1.807, 2.05) is 16.1 Å². The summed E-state index contributed by atoms with van der Waals surface area (Å²) in [7, 11) is 1.65. The number of methoxy groups -OCH3 is 1. The van der Waals surface area contributed by atoms with Gasteiger partial charge in [-0.1, -0.05) is 11.8 Å². The lowest BCUT2D eigenvalue weighted by Crippen LogP contribution is -2.55. The Balaban J connectivity index is 1.69. The summed E-state index contributed by atoms with van der Waals surface area (Å²) in [6, 6.07) is 0. The normalized spacial score (nSPS) is 23.5. The number of thioether (sulfide) groups is 1. The fourth-order valence-corrected chi connectivity index (χ4v) is 4.25. The van der Waals surface area contributed by atoms with Gasteiger partial charge in [0.2, 0.25) is 5.91 Å². The molecule has 1 aromatic heterocycles. The number of piperidine rings is 2. The lowest BCUT2D eigenvalue weighted by molar-refractivity contribution is -0.139. The summed E-state index contributed by atoms with van der Waals surface area (Å²) in [6.07, 6.45) is 8.54. The van der Waals surface area contributed by atoms with Gasteiger partial charge in [-0.15, -0.1) is 0 Å². The van der Waals surface area contributed by atoms with Gasteiger partial charge in [-0.3, -0.25) is 9.59 Å². The third kappa shape index (κ3) is 4.17. The number of aromatic nitrogens is 2. The molecule has 0 aromatic carbocycles. The molecule has 3 rings (SSSR count). The van der Waals surface area contributed by atoms with Crippen LogP contribution in [0.3, 0.4) is 0 Å². The highest BCUT2D eigenvalue weighted by Gasteiger charge is 2.42. The van der Waals surface area contributed by atoms with Crippen molar-refractivity contribution in [2.24, 2.45) is 5.41 Å². The molecule has 0 aliphatic carbocycles. The van der Waals surface area contributed by atoms with E-state index in [2.05, 4.69) is 9.97 Å². The average molecular weight is 378 g/mol. The maximum Gasteiger partial charge on any atom is 0.257 e. The zero-order valence-electron chi connectivity index (χ0n) is 15.4. The second-order valence-electron chi connectivity index (χ2n) is 7.10. The van der Waals surface area contributed by atoms with Crippen LogP contribution in [0.5, 0.6) is 0 Å². The molecule has 2 aliphatic rings. The summed E-state index contributed by atoms with van der Waals surface area (Å²) in [4.78, 5) is 37.3. The maximum absolute atomic E-state index is 12.9. The molecule has 0 bridgehead atoms. The van der Waals surface area contributed by atoms with E-state index in [9.17, 15) is 9.59 Å². The van der Waals surface area contributed by atoms with Gasteiger partial charge < -0.3 is 14.5 Å². The Hall–Kier alpha value is -1.67. The van der Waals surface area contributed by atoms with Gasteiger partial charge in [0.05, 0.1) is 12.2 Å². The fourth-order valence-electron chi connectivity index (χ4n) is 3.94. The molecule has 1 spiro atoms. The Kier molecular flexibility index (Phi) is 6.13. The first kappa shape index (κ1) is 19.1. The lowest BCUT2D eigenvalue weighted by atomic mass is 9.73. The van der Waals surface area contributed by atoms with Crippen molar-refractivity contribution in [1.82, 2.24) is 19.8 Å². The predicted molar refractivity (Wildman–Crippen MR) is 99.1 cm³/mol. The Morgan fingerprint density at radius 3 is 2.77 bits per heavy atom. The van der Waals surface area contributed by atoms with Crippen molar-refractivity contribution in [1.29, 1.82) is 0 Å². The first-order chi connectivity index (χ1) is 12.6. The van der Waals surface area contributed by atoms with Crippen LogP contribution in [0.1, 0.15) is 36.0 Å². The quantitative estimate of drug-likeness (QED) is 0.573. The number of hydrogen-bond donors (Lipinski definition) is 0. The van der Waals surface area contributed by atoms with Crippen LogP contribution in [0, 0.1) is 5.41 Å². The Bertz CT molecular complexity index is 654. The van der Waals surface area contributed by atoms with Gasteiger partial charge in [0.15, 0.2) is 5.16 Å². The van der Waals surface area contributed by atoms with Crippen molar-refractivity contribution in [2.45, 2.75) is 30.8 Å². The second-order valence-corrected chi connectivity index (χ2v) is 7.87. The number of carbonyl (C=O) groups excluding carboxylic acids is 2. The zero-order valence-corrected chi connectivity index (χ0v) is 16.3. The minimum Gasteiger partial charge on any atom is -0.383 e. The first-order valence-corrected chi connectivity index (χ1v) is 10.2. The molecule has 26 heavy (non-hydrogen) atoms. The Morgan fingerprint density at radius 1 is 1.31 bits per heavy atom. The van der Waals surface area contributed by atoms with E-state index in [1.165, 1.54) is 11.8 Å². The van der Waals surface area contributed by atoms with E-state index in [4.69, 9.17) is 4.74 Å². The molecular formula is C18H26N4O3S. The standard InChI is InChI=1S/C18H26N4O3S/c1-25-9-8-21-12-18(6-4-15(21)23)5-3-7-22(13-18)16(24)14-10-19-17(26-2)20-11-14/h10-11H,3-9,12-13H2,1-2H3/t18-/m1/s1. The molecule has 7 nitrogen and oxygen atoms in total. The van der Waals surface area contributed by atoms with Gasteiger partial charge in [-0.2, -0.15) is 0 Å². The highest BCUT2D eigenvalue weighted by molar-refractivity contribution is 7.98. The van der Waals surface area contributed by atoms with Crippen LogP contribution in [-0.2, 0) is 9.53 Å². The van der Waals surface area contributed by atoms with Gasteiger partial charge in [-0.25, -0.2) is 9.97 Å². The Labute approximate surface area is 158 Å². The largest absolute Gasteiger partial charge is 0.383 e. The minimum absolute atomic E-state index is 0.00434. The third-order valence-electron chi connectivity index (χ3n) is 5.32. The maximum atomic E-state index is 12.9. The van der Waals surface area contributed by atoms with Gasteiger partial charge >= 0.3 is 0 Å². The van der Waals surface area contributed by atoms with E-state index < -0.39 is 0 Å². The predicted octanol–water partition coefficient (Wildman–Crippen LogP) is 1.69. The summed E-state index contributed by atoms with van der Waals surface area (Å²) in [5, 5.41) is 0.663. The number of amides is 2. The number of carbonyl (C=O) groups is 2. The molecule has 0 radical (unpaired) electrons. The fraction of sp³-hybridized carbons (Fsp3) is 0.667. The van der Waals surface area contributed by atoms with Gasteiger partial charge in [0, 0.05) is 57.5 Å². The van der Waals surface area contributed by atoms with Crippen LogP contribution < -0.4 is 0 Å².